The van der Waals surface area contributed by atoms with E-state index < -0.39 is 0 Å². The Bertz CT molecular complexity index is 536. The second-order valence-corrected chi connectivity index (χ2v) is 9.17. The van der Waals surface area contributed by atoms with E-state index in [0.29, 0.717) is 12.3 Å². The predicted molar refractivity (Wildman–Crippen MR) is 120 cm³/mol. The van der Waals surface area contributed by atoms with Crippen molar-refractivity contribution < 1.29 is 14.3 Å². The quantitative estimate of drug-likeness (QED) is 0.168. The van der Waals surface area contributed by atoms with Gasteiger partial charge in [0.2, 0.25) is 0 Å². The fourth-order valence-corrected chi connectivity index (χ4v) is 5.07. The van der Waals surface area contributed by atoms with E-state index in [1.54, 1.807) is 6.92 Å². The van der Waals surface area contributed by atoms with Crippen LogP contribution in [0.5, 0.6) is 0 Å². The highest BCUT2D eigenvalue weighted by Crippen LogP contribution is 2.41. The first kappa shape index (κ1) is 25.0. The molecule has 4 heteroatoms. The van der Waals surface area contributed by atoms with Gasteiger partial charge in [0.25, 0.3) is 0 Å². The summed E-state index contributed by atoms with van der Waals surface area (Å²) >= 11 is 1.86. The summed E-state index contributed by atoms with van der Waals surface area (Å²) in [5.41, 5.74) is 1.05. The van der Waals surface area contributed by atoms with E-state index in [1.165, 1.54) is 37.7 Å². The zero-order valence-corrected chi connectivity index (χ0v) is 19.2. The largest absolute Gasteiger partial charge is 0.469 e. The van der Waals surface area contributed by atoms with Crippen molar-refractivity contribution in [3.05, 3.63) is 22.6 Å². The Hall–Kier alpha value is -1.03. The Kier molecular flexibility index (Phi) is 13.3. The molecule has 0 spiro atoms. The van der Waals surface area contributed by atoms with Crippen LogP contribution in [-0.2, 0) is 14.3 Å². The van der Waals surface area contributed by atoms with Crippen LogP contribution >= 0.6 is 11.8 Å². The van der Waals surface area contributed by atoms with Crippen molar-refractivity contribution in [1.82, 2.24) is 0 Å². The Labute approximate surface area is 176 Å². The molecule has 2 atom stereocenters. The Morgan fingerprint density at radius 1 is 1.21 bits per heavy atom. The normalized spacial score (nSPS) is 18.1. The molecular formula is C24H40O3S. The third-order valence-electron chi connectivity index (χ3n) is 5.52. The summed E-state index contributed by atoms with van der Waals surface area (Å²) in [6.07, 6.45) is 16.5. The number of hydrogen-bond donors (Lipinski definition) is 0. The number of Topliss-reactive ketones (excluding diaryl/α,β-unsaturated/α-hetero) is 1. The Balaban J connectivity index is 2.43. The minimum absolute atomic E-state index is 0.126. The van der Waals surface area contributed by atoms with Crippen molar-refractivity contribution in [2.45, 2.75) is 91.4 Å². The molecule has 0 amide bonds. The topological polar surface area (TPSA) is 43.4 Å². The molecule has 0 saturated carbocycles. The summed E-state index contributed by atoms with van der Waals surface area (Å²) in [5, 5.41) is 0. The van der Waals surface area contributed by atoms with Crippen molar-refractivity contribution >= 4 is 23.5 Å². The third-order valence-corrected chi connectivity index (χ3v) is 6.87. The van der Waals surface area contributed by atoms with Crippen molar-refractivity contribution in [2.24, 2.45) is 11.8 Å². The summed E-state index contributed by atoms with van der Waals surface area (Å²) < 4.78 is 4.68. The minimum atomic E-state index is -0.126. The van der Waals surface area contributed by atoms with E-state index in [9.17, 15) is 9.59 Å². The fourth-order valence-electron chi connectivity index (χ4n) is 3.68. The lowest BCUT2D eigenvalue weighted by Crippen LogP contribution is -2.00. The maximum Gasteiger partial charge on any atom is 0.305 e. The van der Waals surface area contributed by atoms with Crippen LogP contribution in [0.15, 0.2) is 22.6 Å². The van der Waals surface area contributed by atoms with Crippen molar-refractivity contribution in [3.63, 3.8) is 0 Å². The second kappa shape index (κ2) is 14.9. The smallest absolute Gasteiger partial charge is 0.305 e. The molecule has 0 aliphatic heterocycles. The number of thioether (sulfide) groups is 1. The number of methoxy groups -OCH3 is 1. The molecule has 0 aromatic carbocycles. The maximum atomic E-state index is 12.0. The Morgan fingerprint density at radius 2 is 2.00 bits per heavy atom. The van der Waals surface area contributed by atoms with Gasteiger partial charge in [-0.1, -0.05) is 51.7 Å². The van der Waals surface area contributed by atoms with Crippen molar-refractivity contribution in [1.29, 1.82) is 0 Å². The van der Waals surface area contributed by atoms with Crippen LogP contribution in [0.4, 0.5) is 0 Å². The molecule has 0 bridgehead atoms. The molecule has 2 unspecified atom stereocenters. The van der Waals surface area contributed by atoms with E-state index in [4.69, 9.17) is 0 Å². The summed E-state index contributed by atoms with van der Waals surface area (Å²) in [4.78, 5) is 24.5. The highest BCUT2D eigenvalue weighted by atomic mass is 32.2. The van der Waals surface area contributed by atoms with Crippen LogP contribution in [0.3, 0.4) is 0 Å². The van der Waals surface area contributed by atoms with Gasteiger partial charge in [0.1, 0.15) is 0 Å². The van der Waals surface area contributed by atoms with E-state index in [0.717, 1.165) is 55.8 Å². The van der Waals surface area contributed by atoms with Crippen LogP contribution in [0.1, 0.15) is 91.4 Å². The van der Waals surface area contributed by atoms with Crippen LogP contribution in [0.25, 0.3) is 0 Å². The molecule has 0 aromatic rings. The van der Waals surface area contributed by atoms with Gasteiger partial charge in [-0.25, -0.2) is 0 Å². The van der Waals surface area contributed by atoms with Crippen LogP contribution in [0, 0.1) is 11.8 Å². The van der Waals surface area contributed by atoms with Gasteiger partial charge >= 0.3 is 5.97 Å². The zero-order valence-electron chi connectivity index (χ0n) is 18.4. The lowest BCUT2D eigenvalue weighted by atomic mass is 9.98. The van der Waals surface area contributed by atoms with Crippen LogP contribution < -0.4 is 0 Å². The number of hydrogen-bond acceptors (Lipinski definition) is 4. The summed E-state index contributed by atoms with van der Waals surface area (Å²) in [5.74, 6) is 2.35. The number of esters is 1. The first-order valence-corrected chi connectivity index (χ1v) is 12.1. The first-order chi connectivity index (χ1) is 13.5. The number of carbonyl (C=O) groups is 2. The molecule has 1 aliphatic carbocycles. The van der Waals surface area contributed by atoms with Crippen LogP contribution in [-0.4, -0.2) is 24.6 Å². The van der Waals surface area contributed by atoms with Gasteiger partial charge in [-0.3, -0.25) is 9.59 Å². The zero-order chi connectivity index (χ0) is 20.8. The first-order valence-electron chi connectivity index (χ1n) is 11.1. The summed E-state index contributed by atoms with van der Waals surface area (Å²) in [6.45, 7) is 6.31. The molecule has 28 heavy (non-hydrogen) atoms. The molecule has 0 aromatic heterocycles. The number of rotatable bonds is 15. The highest BCUT2D eigenvalue weighted by Gasteiger charge is 2.26. The third kappa shape index (κ3) is 9.95. The highest BCUT2D eigenvalue weighted by molar-refractivity contribution is 8.03. The van der Waals surface area contributed by atoms with Crippen molar-refractivity contribution in [3.8, 4) is 0 Å². The van der Waals surface area contributed by atoms with Gasteiger partial charge < -0.3 is 4.74 Å². The number of unbranched alkanes of at least 4 members (excludes halogenated alkanes) is 3. The fraction of sp³-hybridized carbons (Fsp3) is 0.750. The molecule has 1 rings (SSSR count). The molecule has 0 fully saturated rings. The van der Waals surface area contributed by atoms with Gasteiger partial charge in [0.05, 0.1) is 7.11 Å². The predicted octanol–water partition coefficient (Wildman–Crippen LogP) is 6.87. The number of allylic oxidation sites excluding steroid dienone is 4. The lowest BCUT2D eigenvalue weighted by molar-refractivity contribution is -0.140. The number of ketones is 1. The standard InChI is InChI=1S/C24H40O3S/c1-5-6-12-19(2)13-9-10-14-21-16-17-22(20(3)25)24(21)28-18-11-7-8-15-23(26)27-4/h10,14,19,21H,5-9,11-13,15-18H2,1-4H3/b14-10+. The SMILES string of the molecule is CCCCC(C)CC/C=C/C1CCC(C(C)=O)=C1SCCCCCC(=O)OC. The van der Waals surface area contributed by atoms with E-state index in [1.807, 2.05) is 11.8 Å². The molecule has 1 aliphatic rings. The molecule has 0 heterocycles. The molecule has 0 N–H and O–H groups in total. The monoisotopic (exact) mass is 408 g/mol. The maximum absolute atomic E-state index is 12.0. The molecular weight excluding hydrogens is 368 g/mol. The molecule has 0 radical (unpaired) electrons. The summed E-state index contributed by atoms with van der Waals surface area (Å²) in [6, 6.07) is 0. The average molecular weight is 409 g/mol. The lowest BCUT2D eigenvalue weighted by Gasteiger charge is -2.12. The second-order valence-electron chi connectivity index (χ2n) is 8.03. The van der Waals surface area contributed by atoms with E-state index in [2.05, 4.69) is 30.7 Å². The van der Waals surface area contributed by atoms with Crippen LogP contribution in [0.2, 0.25) is 0 Å². The van der Waals surface area contributed by atoms with E-state index >= 15 is 0 Å². The molecule has 160 valence electrons. The summed E-state index contributed by atoms with van der Waals surface area (Å²) in [7, 11) is 1.44. The minimum Gasteiger partial charge on any atom is -0.469 e. The Morgan fingerprint density at radius 3 is 2.68 bits per heavy atom. The van der Waals surface area contributed by atoms with Gasteiger partial charge in [0, 0.05) is 17.9 Å². The number of ether oxygens (including phenoxy) is 1. The van der Waals surface area contributed by atoms with Gasteiger partial charge in [-0.05, 0) is 62.0 Å². The van der Waals surface area contributed by atoms with Crippen molar-refractivity contribution in [2.75, 3.05) is 12.9 Å². The van der Waals surface area contributed by atoms with E-state index in [-0.39, 0.29) is 11.8 Å². The van der Waals surface area contributed by atoms with Gasteiger partial charge in [-0.2, -0.15) is 0 Å². The molecule has 0 saturated heterocycles. The average Bonchev–Trinajstić information content (AvgIpc) is 3.09. The van der Waals surface area contributed by atoms with Gasteiger partial charge in [-0.15, -0.1) is 11.8 Å². The van der Waals surface area contributed by atoms with Gasteiger partial charge in [0.15, 0.2) is 5.78 Å². The molecule has 3 nitrogen and oxygen atoms in total. The number of carbonyl (C=O) groups excluding carboxylic acids is 2.